The molecule has 1 amide bonds. The summed E-state index contributed by atoms with van der Waals surface area (Å²) >= 11 is 5.80. The third kappa shape index (κ3) is 3.97. The normalized spacial score (nSPS) is 13.8. The van der Waals surface area contributed by atoms with Gasteiger partial charge >= 0.3 is 0 Å². The van der Waals surface area contributed by atoms with Gasteiger partial charge in [-0.15, -0.1) is 0 Å². The van der Waals surface area contributed by atoms with E-state index in [0.717, 1.165) is 5.56 Å². The molecule has 2 aromatic rings. The Bertz CT molecular complexity index is 762. The number of rotatable bonds is 5. The number of halogens is 1. The SMILES string of the molecule is CC(Oc1ccc(Cl)cc1)C(=O)N/N=C/c1ccc2c(c1)OCO2. The van der Waals surface area contributed by atoms with Gasteiger partial charge in [-0.25, -0.2) is 5.43 Å². The van der Waals surface area contributed by atoms with Gasteiger partial charge in [0.25, 0.3) is 5.91 Å². The fourth-order valence-electron chi connectivity index (χ4n) is 2.03. The van der Waals surface area contributed by atoms with E-state index >= 15 is 0 Å². The lowest BCUT2D eigenvalue weighted by atomic mass is 10.2. The Morgan fingerprint density at radius 3 is 2.79 bits per heavy atom. The average molecular weight is 347 g/mol. The van der Waals surface area contributed by atoms with Gasteiger partial charge in [0.15, 0.2) is 17.6 Å². The monoisotopic (exact) mass is 346 g/mol. The van der Waals surface area contributed by atoms with Crippen LogP contribution in [0.3, 0.4) is 0 Å². The van der Waals surface area contributed by atoms with Gasteiger partial charge in [-0.3, -0.25) is 4.79 Å². The first-order valence-electron chi connectivity index (χ1n) is 7.26. The minimum absolute atomic E-state index is 0.215. The maximum absolute atomic E-state index is 12.0. The maximum Gasteiger partial charge on any atom is 0.280 e. The predicted molar refractivity (Wildman–Crippen MR) is 89.8 cm³/mol. The molecular weight excluding hydrogens is 332 g/mol. The van der Waals surface area contributed by atoms with E-state index in [2.05, 4.69) is 10.5 Å². The lowest BCUT2D eigenvalue weighted by Crippen LogP contribution is -2.33. The van der Waals surface area contributed by atoms with Gasteiger partial charge in [0.05, 0.1) is 6.21 Å². The van der Waals surface area contributed by atoms with Crippen molar-refractivity contribution in [3.63, 3.8) is 0 Å². The molecule has 1 aliphatic heterocycles. The summed E-state index contributed by atoms with van der Waals surface area (Å²) < 4.78 is 16.0. The summed E-state index contributed by atoms with van der Waals surface area (Å²) in [7, 11) is 0. The molecule has 0 bridgehead atoms. The van der Waals surface area contributed by atoms with Crippen molar-refractivity contribution < 1.29 is 19.0 Å². The Labute approximate surface area is 144 Å². The average Bonchev–Trinajstić information content (AvgIpc) is 3.04. The number of nitrogens with one attached hydrogen (secondary N) is 1. The van der Waals surface area contributed by atoms with E-state index in [9.17, 15) is 4.79 Å². The summed E-state index contributed by atoms with van der Waals surface area (Å²) in [4.78, 5) is 12.0. The molecule has 1 heterocycles. The van der Waals surface area contributed by atoms with E-state index in [1.54, 1.807) is 43.3 Å². The highest BCUT2D eigenvalue weighted by atomic mass is 35.5. The molecule has 0 saturated carbocycles. The quantitative estimate of drug-likeness (QED) is 0.667. The summed E-state index contributed by atoms with van der Waals surface area (Å²) in [5.41, 5.74) is 3.22. The fourth-order valence-corrected chi connectivity index (χ4v) is 2.15. The van der Waals surface area contributed by atoms with Crippen LogP contribution in [0.2, 0.25) is 5.02 Å². The van der Waals surface area contributed by atoms with Crippen LogP contribution in [0.15, 0.2) is 47.6 Å². The van der Waals surface area contributed by atoms with Crippen LogP contribution in [-0.4, -0.2) is 25.0 Å². The number of hydrogen-bond donors (Lipinski definition) is 1. The van der Waals surface area contributed by atoms with Crippen molar-refractivity contribution in [1.29, 1.82) is 0 Å². The predicted octanol–water partition coefficient (Wildman–Crippen LogP) is 2.99. The smallest absolute Gasteiger partial charge is 0.280 e. The van der Waals surface area contributed by atoms with Crippen LogP contribution in [0.4, 0.5) is 0 Å². The van der Waals surface area contributed by atoms with E-state index < -0.39 is 6.10 Å². The minimum Gasteiger partial charge on any atom is -0.481 e. The molecule has 1 unspecified atom stereocenters. The number of nitrogens with zero attached hydrogens (tertiary/aromatic N) is 1. The van der Waals surface area contributed by atoms with Crippen LogP contribution < -0.4 is 19.6 Å². The summed E-state index contributed by atoms with van der Waals surface area (Å²) in [5.74, 6) is 1.55. The summed E-state index contributed by atoms with van der Waals surface area (Å²) in [6.07, 6.45) is 0.828. The summed E-state index contributed by atoms with van der Waals surface area (Å²) in [5, 5.41) is 4.53. The van der Waals surface area contributed by atoms with Crippen LogP contribution in [0, 0.1) is 0 Å². The highest BCUT2D eigenvalue weighted by molar-refractivity contribution is 6.30. The van der Waals surface area contributed by atoms with Crippen molar-refractivity contribution in [3.8, 4) is 17.2 Å². The van der Waals surface area contributed by atoms with Crippen molar-refractivity contribution >= 4 is 23.7 Å². The van der Waals surface area contributed by atoms with Crippen LogP contribution >= 0.6 is 11.6 Å². The number of ether oxygens (including phenoxy) is 3. The number of carbonyl (C=O) groups is 1. The second kappa shape index (κ2) is 7.23. The Balaban J connectivity index is 1.53. The first-order valence-corrected chi connectivity index (χ1v) is 7.64. The third-order valence-corrected chi connectivity index (χ3v) is 3.53. The molecule has 1 aliphatic rings. The number of hydrogen-bond acceptors (Lipinski definition) is 5. The second-order valence-electron chi connectivity index (χ2n) is 5.06. The molecule has 1 atom stereocenters. The van der Waals surface area contributed by atoms with E-state index in [4.69, 9.17) is 25.8 Å². The molecule has 0 spiro atoms. The van der Waals surface area contributed by atoms with Crippen molar-refractivity contribution in [2.75, 3.05) is 6.79 Å². The molecule has 0 fully saturated rings. The molecule has 0 aromatic heterocycles. The molecule has 0 aliphatic carbocycles. The zero-order valence-electron chi connectivity index (χ0n) is 12.9. The zero-order valence-corrected chi connectivity index (χ0v) is 13.6. The third-order valence-electron chi connectivity index (χ3n) is 3.28. The molecule has 124 valence electrons. The van der Waals surface area contributed by atoms with Gasteiger partial charge in [0.2, 0.25) is 6.79 Å². The number of benzene rings is 2. The van der Waals surface area contributed by atoms with Gasteiger partial charge < -0.3 is 14.2 Å². The lowest BCUT2D eigenvalue weighted by molar-refractivity contribution is -0.127. The largest absolute Gasteiger partial charge is 0.481 e. The number of amides is 1. The second-order valence-corrected chi connectivity index (χ2v) is 5.50. The van der Waals surface area contributed by atoms with Gasteiger partial charge in [-0.05, 0) is 55.0 Å². The van der Waals surface area contributed by atoms with Crippen molar-refractivity contribution in [1.82, 2.24) is 5.43 Å². The first kappa shape index (κ1) is 16.1. The van der Waals surface area contributed by atoms with E-state index in [0.29, 0.717) is 22.3 Å². The van der Waals surface area contributed by atoms with Gasteiger partial charge in [-0.2, -0.15) is 5.10 Å². The van der Waals surface area contributed by atoms with Crippen molar-refractivity contribution in [2.24, 2.45) is 5.10 Å². The maximum atomic E-state index is 12.0. The van der Waals surface area contributed by atoms with Gasteiger partial charge in [0.1, 0.15) is 5.75 Å². The topological polar surface area (TPSA) is 69.2 Å². The highest BCUT2D eigenvalue weighted by Crippen LogP contribution is 2.31. The number of fused-ring (bicyclic) bond motifs is 1. The van der Waals surface area contributed by atoms with E-state index in [1.807, 2.05) is 6.07 Å². The molecule has 0 radical (unpaired) electrons. The summed E-state index contributed by atoms with van der Waals surface area (Å²) in [6.45, 7) is 1.85. The van der Waals surface area contributed by atoms with Crippen LogP contribution in [0.1, 0.15) is 12.5 Å². The van der Waals surface area contributed by atoms with E-state index in [1.165, 1.54) is 6.21 Å². The lowest BCUT2D eigenvalue weighted by Gasteiger charge is -2.12. The Kier molecular flexibility index (Phi) is 4.86. The molecule has 3 rings (SSSR count). The number of hydrazone groups is 1. The molecule has 0 saturated heterocycles. The van der Waals surface area contributed by atoms with Crippen molar-refractivity contribution in [3.05, 3.63) is 53.1 Å². The summed E-state index contributed by atoms with van der Waals surface area (Å²) in [6, 6.07) is 12.2. The van der Waals surface area contributed by atoms with Crippen LogP contribution in [0.5, 0.6) is 17.2 Å². The van der Waals surface area contributed by atoms with Crippen LogP contribution in [-0.2, 0) is 4.79 Å². The first-order chi connectivity index (χ1) is 11.6. The minimum atomic E-state index is -0.694. The highest BCUT2D eigenvalue weighted by Gasteiger charge is 2.14. The Morgan fingerprint density at radius 1 is 1.25 bits per heavy atom. The fraction of sp³-hybridized carbons (Fsp3) is 0.176. The van der Waals surface area contributed by atoms with Crippen molar-refractivity contribution in [2.45, 2.75) is 13.0 Å². The molecule has 6 nitrogen and oxygen atoms in total. The molecule has 2 aromatic carbocycles. The van der Waals surface area contributed by atoms with Gasteiger partial charge in [-0.1, -0.05) is 11.6 Å². The Hall–Kier alpha value is -2.73. The zero-order chi connectivity index (χ0) is 16.9. The number of carbonyl (C=O) groups excluding carboxylic acids is 1. The van der Waals surface area contributed by atoms with Gasteiger partial charge in [0, 0.05) is 5.02 Å². The molecule has 1 N–H and O–H groups in total. The molecule has 7 heteroatoms. The standard InChI is InChI=1S/C17H15ClN2O4/c1-11(24-14-5-3-13(18)4-6-14)17(21)20-19-9-12-2-7-15-16(8-12)23-10-22-15/h2-9,11H,10H2,1H3,(H,20,21)/b19-9+. The molecular formula is C17H15ClN2O4. The molecule has 24 heavy (non-hydrogen) atoms. The Morgan fingerprint density at radius 2 is 2.00 bits per heavy atom. The van der Waals surface area contributed by atoms with Crippen LogP contribution in [0.25, 0.3) is 0 Å². The van der Waals surface area contributed by atoms with E-state index in [-0.39, 0.29) is 12.7 Å².